The van der Waals surface area contributed by atoms with Crippen molar-refractivity contribution in [3.8, 4) is 11.1 Å². The van der Waals surface area contributed by atoms with Gasteiger partial charge in [-0.15, -0.1) is 0 Å². The molecule has 3 amide bonds. The second kappa shape index (κ2) is 18.1. The molecule has 5 aliphatic heterocycles. The number of carbonyl (C=O) groups is 4. The van der Waals surface area contributed by atoms with Crippen LogP contribution in [0.4, 0.5) is 30.2 Å². The fourth-order valence-corrected chi connectivity index (χ4v) is 11.0. The summed E-state index contributed by atoms with van der Waals surface area (Å²) in [5.74, 6) is -3.90. The first kappa shape index (κ1) is 44.5. The van der Waals surface area contributed by atoms with E-state index >= 15 is 8.78 Å². The number of carbonyl (C=O) groups excluding carboxylic acids is 4. The van der Waals surface area contributed by atoms with Gasteiger partial charge in [-0.25, -0.2) is 31.6 Å². The van der Waals surface area contributed by atoms with Crippen molar-refractivity contribution in [2.24, 2.45) is 5.92 Å². The Bertz CT molecular complexity index is 2850. The number of rotatable bonds is 11. The number of benzene rings is 3. The topological polar surface area (TPSA) is 154 Å². The molecule has 4 fully saturated rings. The minimum absolute atomic E-state index is 0.00447. The number of nitrogens with zero attached hydrogens (tertiary/aromatic N) is 8. The van der Waals surface area contributed by atoms with Gasteiger partial charge >= 0.3 is 0 Å². The molecule has 1 N–H and O–H groups in total. The van der Waals surface area contributed by atoms with Crippen LogP contribution in [0.15, 0.2) is 73.1 Å². The minimum Gasteiger partial charge on any atom is -0.372 e. The Morgan fingerprint density at radius 1 is 0.851 bits per heavy atom. The van der Waals surface area contributed by atoms with Crippen molar-refractivity contribution in [3.63, 3.8) is 0 Å². The number of fused-ring (bicyclic) bond motifs is 2. The Labute approximate surface area is 386 Å². The first-order chi connectivity index (χ1) is 32.3. The van der Waals surface area contributed by atoms with Gasteiger partial charge in [-0.2, -0.15) is 4.41 Å². The van der Waals surface area contributed by atoms with E-state index in [9.17, 15) is 32.0 Å². The van der Waals surface area contributed by atoms with Gasteiger partial charge in [0.2, 0.25) is 22.6 Å². The fourth-order valence-electron chi connectivity index (χ4n) is 10.3. The van der Waals surface area contributed by atoms with Gasteiger partial charge < -0.3 is 19.7 Å². The van der Waals surface area contributed by atoms with E-state index in [1.807, 2.05) is 36.4 Å². The van der Waals surface area contributed by atoms with Crippen LogP contribution < -0.4 is 14.2 Å². The molecule has 0 aliphatic carbocycles. The quantitative estimate of drug-likeness (QED) is 0.100. The Morgan fingerprint density at radius 2 is 1.58 bits per heavy atom. The number of nitrogens with one attached hydrogen (secondary N) is 1. The van der Waals surface area contributed by atoms with Crippen molar-refractivity contribution < 1.29 is 40.8 Å². The molecule has 3 aromatic carbocycles. The fraction of sp³-hybridized carbons (Fsp3) is 0.375. The predicted molar refractivity (Wildman–Crippen MR) is 245 cm³/mol. The summed E-state index contributed by atoms with van der Waals surface area (Å²) in [6.45, 7) is 6.51. The molecule has 1 unspecified atom stereocenters. The monoisotopic (exact) mass is 936 g/mol. The number of alkyl halides is 1. The van der Waals surface area contributed by atoms with Gasteiger partial charge in [0.05, 0.1) is 12.1 Å². The molecule has 0 saturated carbocycles. The highest BCUT2D eigenvalue weighted by molar-refractivity contribution is 7.73. The molecule has 0 bridgehead atoms. The molecule has 2 aromatic heterocycles. The zero-order valence-corrected chi connectivity index (χ0v) is 37.5. The van der Waals surface area contributed by atoms with E-state index in [1.165, 1.54) is 6.20 Å². The molecular formula is C48H49F3N9O6S. The number of thiol groups is 1. The van der Waals surface area contributed by atoms with Crippen LogP contribution in [-0.2, 0) is 27.0 Å². The number of aromatic amines is 1. The van der Waals surface area contributed by atoms with Gasteiger partial charge in [-0.05, 0) is 91.3 Å². The van der Waals surface area contributed by atoms with E-state index in [0.717, 1.165) is 103 Å². The molecule has 2 atom stereocenters. The molecule has 1 radical (unpaired) electrons. The van der Waals surface area contributed by atoms with Crippen molar-refractivity contribution >= 4 is 62.5 Å². The number of ketones is 1. The number of H-pyrrole nitrogens is 1. The highest BCUT2D eigenvalue weighted by Crippen LogP contribution is 2.35. The molecule has 5 aromatic rings. The van der Waals surface area contributed by atoms with E-state index < -0.39 is 57.7 Å². The van der Waals surface area contributed by atoms with Crippen LogP contribution in [0.1, 0.15) is 63.9 Å². The lowest BCUT2D eigenvalue weighted by Gasteiger charge is -2.40. The van der Waals surface area contributed by atoms with Gasteiger partial charge in [0.15, 0.2) is 5.82 Å². The number of hydrogen-bond donors (Lipinski definition) is 2. The van der Waals surface area contributed by atoms with E-state index in [4.69, 9.17) is 0 Å². The SMILES string of the molecule is [CH2]N1C(=O)CCC(N2Cc3cc(N4CCC(CN5CCN(c6ccc(-c7cnc8[nH]cc(C(=O)c9c(F)ccc(N(N%10CC[C@@H](F)C%10)[SH](=O)=O)c9F)c8c7)cc6)CC5)CC4)ccc3C2=O)C1=O. The highest BCUT2D eigenvalue weighted by Gasteiger charge is 2.42. The standard InChI is InChI=1S/C48H49F3N9O6S/c1-54-42(61)11-10-41(48(54)64)59-27-32-22-35(6-7-36(32)47(59)63)56-15-12-29(13-16-56)26-55-18-20-57(21-19-55)34-4-2-30(3-5-34)31-23-37-38(25-53-46(37)52-24-31)45(62)43-39(50)8-9-40(44(43)51)60(67(65)66)58-17-14-33(49)28-58/h2-9,22-25,29,33,41,67H,1,10-21,26-28H2,(H,52,53)/t33-,41?/m1/s1. The molecule has 349 valence electrons. The van der Waals surface area contributed by atoms with Gasteiger partial charge in [0, 0.05) is 118 Å². The van der Waals surface area contributed by atoms with Gasteiger partial charge in [0.25, 0.3) is 11.8 Å². The van der Waals surface area contributed by atoms with Crippen molar-refractivity contribution in [1.82, 2.24) is 29.7 Å². The number of anilines is 3. The Balaban J connectivity index is 0.737. The molecule has 5 aliphatic rings. The third-order valence-electron chi connectivity index (χ3n) is 14.0. The van der Waals surface area contributed by atoms with Crippen LogP contribution in [0.5, 0.6) is 0 Å². The third kappa shape index (κ3) is 8.41. The van der Waals surface area contributed by atoms with Crippen molar-refractivity contribution in [1.29, 1.82) is 0 Å². The number of likely N-dealkylation sites (tertiary alicyclic amines) is 1. The van der Waals surface area contributed by atoms with Gasteiger partial charge in [-0.3, -0.25) is 29.0 Å². The van der Waals surface area contributed by atoms with Crippen molar-refractivity contribution in [3.05, 3.63) is 114 Å². The Hall–Kier alpha value is -6.31. The number of halogens is 3. The lowest BCUT2D eigenvalue weighted by Crippen LogP contribution is -2.52. The maximum absolute atomic E-state index is 16.0. The predicted octanol–water partition coefficient (Wildman–Crippen LogP) is 5.33. The first-order valence-corrected chi connectivity index (χ1v) is 23.7. The Kier molecular flexibility index (Phi) is 12.0. The summed E-state index contributed by atoms with van der Waals surface area (Å²) in [6, 6.07) is 16.8. The maximum atomic E-state index is 16.0. The third-order valence-corrected chi connectivity index (χ3v) is 14.8. The summed E-state index contributed by atoms with van der Waals surface area (Å²) in [4.78, 5) is 69.0. The van der Waals surface area contributed by atoms with E-state index in [0.29, 0.717) is 45.5 Å². The Morgan fingerprint density at radius 3 is 2.30 bits per heavy atom. The first-order valence-electron chi connectivity index (χ1n) is 22.6. The number of aromatic nitrogens is 2. The van der Waals surface area contributed by atoms with E-state index in [-0.39, 0.29) is 43.3 Å². The van der Waals surface area contributed by atoms with E-state index in [2.05, 4.69) is 37.8 Å². The summed E-state index contributed by atoms with van der Waals surface area (Å²) < 4.78 is 70.3. The zero-order chi connectivity index (χ0) is 46.7. The van der Waals surface area contributed by atoms with Crippen LogP contribution in [0.2, 0.25) is 0 Å². The average molecular weight is 937 g/mol. The summed E-state index contributed by atoms with van der Waals surface area (Å²) >= 11 is 0. The average Bonchev–Trinajstić information content (AvgIpc) is 4.05. The summed E-state index contributed by atoms with van der Waals surface area (Å²) in [6.07, 6.45) is 4.32. The number of hydrogen-bond acceptors (Lipinski definition) is 11. The smallest absolute Gasteiger partial charge is 0.255 e. The van der Waals surface area contributed by atoms with E-state index in [1.54, 1.807) is 17.2 Å². The van der Waals surface area contributed by atoms with Crippen LogP contribution in [0.3, 0.4) is 0 Å². The molecule has 19 heteroatoms. The highest BCUT2D eigenvalue weighted by atomic mass is 32.2. The molecule has 10 rings (SSSR count). The molecule has 0 spiro atoms. The largest absolute Gasteiger partial charge is 0.372 e. The lowest BCUT2D eigenvalue weighted by atomic mass is 9.95. The second-order valence-electron chi connectivity index (χ2n) is 18.0. The van der Waals surface area contributed by atoms with Crippen molar-refractivity contribution in [2.45, 2.75) is 50.9 Å². The molecule has 15 nitrogen and oxygen atoms in total. The molecule has 7 heterocycles. The van der Waals surface area contributed by atoms with Gasteiger partial charge in [0.1, 0.15) is 29.4 Å². The normalized spacial score (nSPS) is 21.1. The van der Waals surface area contributed by atoms with Gasteiger partial charge in [-0.1, -0.05) is 12.1 Å². The number of piperazine rings is 1. The zero-order valence-electron chi connectivity index (χ0n) is 36.6. The lowest BCUT2D eigenvalue weighted by molar-refractivity contribution is -0.148. The number of amides is 3. The van der Waals surface area contributed by atoms with Crippen LogP contribution >= 0.6 is 0 Å². The van der Waals surface area contributed by atoms with Crippen molar-refractivity contribution in [2.75, 3.05) is 73.1 Å². The van der Waals surface area contributed by atoms with Crippen LogP contribution in [-0.4, -0.2) is 133 Å². The second-order valence-corrected chi connectivity index (χ2v) is 18.8. The number of piperidine rings is 2. The summed E-state index contributed by atoms with van der Waals surface area (Å²) in [5.41, 5.74) is 3.94. The summed E-state index contributed by atoms with van der Waals surface area (Å²) in [7, 11) is 0.0999. The summed E-state index contributed by atoms with van der Waals surface area (Å²) in [5, 5.41) is 1.45. The molecule has 67 heavy (non-hydrogen) atoms. The van der Waals surface area contributed by atoms with Crippen LogP contribution in [0, 0.1) is 24.6 Å². The maximum Gasteiger partial charge on any atom is 0.255 e. The minimum atomic E-state index is -3.48. The molecule has 4 saturated heterocycles. The van der Waals surface area contributed by atoms with Crippen LogP contribution in [0.25, 0.3) is 22.2 Å². The number of hydrazine groups is 1. The number of pyridine rings is 1. The number of imide groups is 1. The molecular weight excluding hydrogens is 888 g/mol.